The van der Waals surface area contributed by atoms with Crippen LogP contribution in [0.1, 0.15) is 0 Å². The molecule has 7 heteroatoms. The Bertz CT molecular complexity index is 27.2. The maximum atomic E-state index is 8.58. The number of hydrogen-bond acceptors (Lipinski definition) is 4. The molecule has 0 fully saturated rings. The van der Waals surface area contributed by atoms with Crippen molar-refractivity contribution in [3.05, 3.63) is 0 Å². The molecule has 0 rings (SSSR count). The van der Waals surface area contributed by atoms with Crippen LogP contribution >= 0.6 is 0 Å². The van der Waals surface area contributed by atoms with E-state index in [1.807, 2.05) is 0 Å². The Morgan fingerprint density at radius 2 is 0.857 bits per heavy atom. The Hall–Kier alpha value is 0.637. The molecule has 0 aromatic carbocycles. The van der Waals surface area contributed by atoms with Crippen molar-refractivity contribution >= 4 is 9.05 Å². The van der Waals surface area contributed by atoms with Crippen LogP contribution in [0.3, 0.4) is 0 Å². The van der Waals surface area contributed by atoms with Crippen LogP contribution in [0.4, 0.5) is 0 Å². The molecule has 0 N–H and O–H groups in total. The summed E-state index contributed by atoms with van der Waals surface area (Å²) in [6, 6.07) is 0. The second-order valence-corrected chi connectivity index (χ2v) is 1.50. The van der Waals surface area contributed by atoms with Crippen molar-refractivity contribution in [2.24, 2.45) is 0 Å². The number of rotatable bonds is 0. The van der Waals surface area contributed by atoms with E-state index >= 15 is 0 Å². The Balaban J connectivity index is -0.0000000800. The molecular weight excluding hydrogens is 285 g/mol. The molecule has 2 radical (unpaired) electrons. The van der Waals surface area contributed by atoms with Crippen LogP contribution in [0.15, 0.2) is 0 Å². The third kappa shape index (κ3) is 352. The van der Waals surface area contributed by atoms with Crippen LogP contribution in [-0.2, 0) is 25.8 Å². The molecule has 0 aromatic rings. The zero-order chi connectivity index (χ0) is 4.50. The molecule has 0 saturated heterocycles. The Morgan fingerprint density at radius 3 is 0.857 bits per heavy atom. The topological polar surface area (TPSA) is 123 Å². The fourth-order valence-corrected chi connectivity index (χ4v) is 0. The molecule has 0 heterocycles. The summed E-state index contributed by atoms with van der Waals surface area (Å²) in [6.45, 7) is 0. The monoisotopic (exact) mass is 286 g/mol. The molecule has 34 valence electrons. The van der Waals surface area contributed by atoms with Gasteiger partial charge in [0.1, 0.15) is 0 Å². The second-order valence-electron chi connectivity index (χ2n) is 0.500. The summed E-state index contributed by atoms with van der Waals surface area (Å²) < 4.78 is 0. The van der Waals surface area contributed by atoms with Gasteiger partial charge in [0.2, 0.25) is 0 Å². The normalized spacial score (nSPS) is 8.57. The summed E-state index contributed by atoms with van der Waals surface area (Å²) in [5, 5.41) is 0. The first-order valence-corrected chi connectivity index (χ1v) is 2.45. The fraction of sp³-hybridized carbons (Fsp3) is 0. The largest absolute Gasteiger partial charge is 4.00 e. The van der Waals surface area contributed by atoms with Crippen LogP contribution in [-0.4, -0.2) is 9.05 Å². The Morgan fingerprint density at radius 1 is 0.857 bits per heavy atom. The fourth-order valence-electron chi connectivity index (χ4n) is 0. The molecule has 7 heavy (non-hydrogen) atoms. The van der Waals surface area contributed by atoms with E-state index in [4.69, 9.17) is 19.2 Å². The van der Waals surface area contributed by atoms with Gasteiger partial charge in [-0.15, -0.1) is 0 Å². The molecule has 0 aromatic heterocycles. The number of nitrogens with zero attached hydrogens (tertiary/aromatic N) is 1. The smallest absolute Gasteiger partial charge is 0.894 e. The van der Waals surface area contributed by atoms with Gasteiger partial charge in [0, 0.05) is 0 Å². The molecule has 0 atom stereocenters. The van der Waals surface area contributed by atoms with E-state index in [9.17, 15) is 0 Å². The van der Waals surface area contributed by atoms with Crippen molar-refractivity contribution in [2.75, 3.05) is 0 Å². The average molecular weight is 285 g/mol. The van der Waals surface area contributed by atoms with Crippen LogP contribution in [0, 0.1) is 0 Å². The SMILES string of the molecule is [Hf+4].[N+3].[O-][Si]([O-])([O-])[O-]. The summed E-state index contributed by atoms with van der Waals surface area (Å²) in [5.41, 5.74) is 0. The quantitative estimate of drug-likeness (QED) is 0.411. The molecule has 0 aliphatic heterocycles. The molecule has 0 bridgehead atoms. The van der Waals surface area contributed by atoms with Crippen molar-refractivity contribution < 1.29 is 45.0 Å². The zero-order valence-electron chi connectivity index (χ0n) is 3.08. The first kappa shape index (κ1) is 15.6. The molecule has 0 amide bonds. The molecule has 0 aliphatic rings. The van der Waals surface area contributed by atoms with E-state index in [1.54, 1.807) is 0 Å². The van der Waals surface area contributed by atoms with Gasteiger partial charge in [0.25, 0.3) is 0 Å². The third-order valence-corrected chi connectivity index (χ3v) is 0. The van der Waals surface area contributed by atoms with E-state index in [-0.39, 0.29) is 32.0 Å². The van der Waals surface area contributed by atoms with Crippen LogP contribution in [0.2, 0.25) is 0 Å². The van der Waals surface area contributed by atoms with E-state index in [0.717, 1.165) is 0 Å². The first-order valence-electron chi connectivity index (χ1n) is 0.816. The van der Waals surface area contributed by atoms with Crippen molar-refractivity contribution in [3.8, 4) is 0 Å². The predicted molar refractivity (Wildman–Crippen MR) is 7.89 cm³/mol. The molecule has 0 aliphatic carbocycles. The van der Waals surface area contributed by atoms with Crippen molar-refractivity contribution in [1.82, 2.24) is 6.15 Å². The summed E-state index contributed by atoms with van der Waals surface area (Å²) in [6.07, 6.45) is 0. The summed E-state index contributed by atoms with van der Waals surface area (Å²) >= 11 is 0. The van der Waals surface area contributed by atoms with Gasteiger partial charge in [0.05, 0.1) is 0 Å². The summed E-state index contributed by atoms with van der Waals surface area (Å²) in [7, 11) is -5.61. The minimum Gasteiger partial charge on any atom is -0.894 e. The van der Waals surface area contributed by atoms with Gasteiger partial charge in [-0.3, -0.25) is 0 Å². The van der Waals surface area contributed by atoms with Gasteiger partial charge in [-0.05, 0) is 0 Å². The second kappa shape index (κ2) is 4.79. The maximum absolute atomic E-state index is 8.58. The molecule has 5 nitrogen and oxygen atoms in total. The van der Waals surface area contributed by atoms with Crippen molar-refractivity contribution in [3.63, 3.8) is 0 Å². The molecular formula is HfNO4Si+3. The molecule has 0 unspecified atom stereocenters. The first-order chi connectivity index (χ1) is 2.00. The van der Waals surface area contributed by atoms with Crippen LogP contribution in [0.25, 0.3) is 0 Å². The van der Waals surface area contributed by atoms with E-state index in [0.29, 0.717) is 0 Å². The van der Waals surface area contributed by atoms with Gasteiger partial charge in [-0.1, -0.05) is 0 Å². The predicted octanol–water partition coefficient (Wildman–Crippen LogP) is -5.62. The van der Waals surface area contributed by atoms with Gasteiger partial charge < -0.3 is 28.2 Å². The Kier molecular flexibility index (Phi) is 10.7. The minimum absolute atomic E-state index is 0. The molecule has 0 saturated carbocycles. The van der Waals surface area contributed by atoms with Crippen molar-refractivity contribution in [1.29, 1.82) is 0 Å². The Labute approximate surface area is 60.5 Å². The van der Waals surface area contributed by atoms with E-state index < -0.39 is 9.05 Å². The van der Waals surface area contributed by atoms with Crippen molar-refractivity contribution in [2.45, 2.75) is 0 Å². The summed E-state index contributed by atoms with van der Waals surface area (Å²) in [5.74, 6) is 0. The minimum atomic E-state index is -5.61. The van der Waals surface area contributed by atoms with Gasteiger partial charge in [0.15, 0.2) is 0 Å². The van der Waals surface area contributed by atoms with Gasteiger partial charge in [-0.25, -0.2) is 0 Å². The van der Waals surface area contributed by atoms with Crippen LogP contribution < -0.4 is 25.3 Å². The maximum Gasteiger partial charge on any atom is 4.00 e. The van der Waals surface area contributed by atoms with Gasteiger partial charge in [-0.2, -0.15) is 0 Å². The average Bonchev–Trinajstić information content (AvgIpc) is 0.722. The van der Waals surface area contributed by atoms with Gasteiger partial charge >= 0.3 is 32.0 Å². The van der Waals surface area contributed by atoms with E-state index in [1.165, 1.54) is 0 Å². The van der Waals surface area contributed by atoms with Crippen LogP contribution in [0.5, 0.6) is 0 Å². The number of hydrogen-bond donors (Lipinski definition) is 0. The summed E-state index contributed by atoms with van der Waals surface area (Å²) in [4.78, 5) is 34.3. The zero-order valence-corrected chi connectivity index (χ0v) is 7.67. The van der Waals surface area contributed by atoms with E-state index in [2.05, 4.69) is 0 Å². The standard InChI is InChI=1S/Hf.N.O4Si/c;;1-5(2,3)4/q+4;+3;-4. The third-order valence-electron chi connectivity index (χ3n) is 0. The molecule has 0 spiro atoms.